The molecule has 7 nitrogen and oxygen atoms in total. The standard InChI is InChI=1S/C26H22O7/c1-4-31-26(28)23-21-15-20(32-25(27)17-6-5-7-19(14-17)30-3)12-13-22(21)33-24(23)16-8-10-18(29-2)11-9-16/h5-15H,4H2,1-3H3. The average Bonchev–Trinajstić information content (AvgIpc) is 3.23. The fourth-order valence-corrected chi connectivity index (χ4v) is 3.41. The van der Waals surface area contributed by atoms with E-state index in [1.54, 1.807) is 80.8 Å². The van der Waals surface area contributed by atoms with Crippen molar-refractivity contribution in [2.24, 2.45) is 0 Å². The fourth-order valence-electron chi connectivity index (χ4n) is 3.41. The largest absolute Gasteiger partial charge is 0.497 e. The minimum atomic E-state index is -0.551. The van der Waals surface area contributed by atoms with Crippen LogP contribution in [0.25, 0.3) is 22.3 Å². The molecule has 0 unspecified atom stereocenters. The number of hydrogen-bond acceptors (Lipinski definition) is 7. The van der Waals surface area contributed by atoms with E-state index in [2.05, 4.69) is 0 Å². The molecule has 0 radical (unpaired) electrons. The Kier molecular flexibility index (Phi) is 6.31. The number of fused-ring (bicyclic) bond motifs is 1. The Hall–Kier alpha value is -4.26. The van der Waals surface area contributed by atoms with Gasteiger partial charge in [0.15, 0.2) is 0 Å². The van der Waals surface area contributed by atoms with E-state index in [1.807, 2.05) is 0 Å². The third-order valence-electron chi connectivity index (χ3n) is 5.01. The second kappa shape index (κ2) is 9.48. The molecule has 4 rings (SSSR count). The van der Waals surface area contributed by atoms with Gasteiger partial charge < -0.3 is 23.4 Å². The van der Waals surface area contributed by atoms with Crippen molar-refractivity contribution in [2.75, 3.05) is 20.8 Å². The van der Waals surface area contributed by atoms with Crippen LogP contribution in [0.1, 0.15) is 27.6 Å². The van der Waals surface area contributed by atoms with E-state index in [9.17, 15) is 9.59 Å². The Morgan fingerprint density at radius 3 is 2.24 bits per heavy atom. The van der Waals surface area contributed by atoms with Crippen LogP contribution < -0.4 is 14.2 Å². The van der Waals surface area contributed by atoms with Gasteiger partial charge in [0.25, 0.3) is 0 Å². The molecule has 0 aliphatic heterocycles. The van der Waals surface area contributed by atoms with Gasteiger partial charge in [-0.3, -0.25) is 0 Å². The molecule has 4 aromatic rings. The SMILES string of the molecule is CCOC(=O)c1c(-c2ccc(OC)cc2)oc2ccc(OC(=O)c3cccc(OC)c3)cc12. The summed E-state index contributed by atoms with van der Waals surface area (Å²) in [4.78, 5) is 25.5. The molecule has 168 valence electrons. The van der Waals surface area contributed by atoms with Crippen molar-refractivity contribution in [2.45, 2.75) is 6.92 Å². The van der Waals surface area contributed by atoms with Gasteiger partial charge in [-0.05, 0) is 67.6 Å². The van der Waals surface area contributed by atoms with Crippen LogP contribution in [0.3, 0.4) is 0 Å². The third-order valence-corrected chi connectivity index (χ3v) is 5.01. The van der Waals surface area contributed by atoms with Gasteiger partial charge >= 0.3 is 11.9 Å². The van der Waals surface area contributed by atoms with Crippen LogP contribution in [0.15, 0.2) is 71.1 Å². The Bertz CT molecular complexity index is 1300. The molecule has 0 bridgehead atoms. The summed E-state index contributed by atoms with van der Waals surface area (Å²) in [6.45, 7) is 1.94. The highest BCUT2D eigenvalue weighted by Gasteiger charge is 2.24. The van der Waals surface area contributed by atoms with E-state index in [4.69, 9.17) is 23.4 Å². The zero-order valence-corrected chi connectivity index (χ0v) is 18.4. The van der Waals surface area contributed by atoms with Crippen molar-refractivity contribution in [3.8, 4) is 28.6 Å². The number of hydrogen-bond donors (Lipinski definition) is 0. The predicted octanol–water partition coefficient (Wildman–Crippen LogP) is 5.51. The Morgan fingerprint density at radius 1 is 0.818 bits per heavy atom. The molecule has 0 spiro atoms. The Labute approximate surface area is 190 Å². The van der Waals surface area contributed by atoms with E-state index in [0.29, 0.717) is 39.4 Å². The highest BCUT2D eigenvalue weighted by molar-refractivity contribution is 6.09. The van der Waals surface area contributed by atoms with Crippen molar-refractivity contribution >= 4 is 22.9 Å². The summed E-state index contributed by atoms with van der Waals surface area (Å²) in [5.74, 6) is 0.774. The van der Waals surface area contributed by atoms with Crippen molar-refractivity contribution in [3.05, 3.63) is 77.9 Å². The molecule has 0 aliphatic carbocycles. The number of benzene rings is 3. The summed E-state index contributed by atoms with van der Waals surface area (Å²) in [5, 5.41) is 0.482. The smallest absolute Gasteiger partial charge is 0.343 e. The lowest BCUT2D eigenvalue weighted by molar-refractivity contribution is 0.0528. The molecule has 0 saturated carbocycles. The highest BCUT2D eigenvalue weighted by Crippen LogP contribution is 2.37. The molecule has 3 aromatic carbocycles. The van der Waals surface area contributed by atoms with E-state index < -0.39 is 11.9 Å². The lowest BCUT2D eigenvalue weighted by Gasteiger charge is -2.07. The van der Waals surface area contributed by atoms with E-state index in [-0.39, 0.29) is 17.9 Å². The fraction of sp³-hybridized carbons (Fsp3) is 0.154. The van der Waals surface area contributed by atoms with Crippen molar-refractivity contribution in [1.82, 2.24) is 0 Å². The Balaban J connectivity index is 1.74. The summed E-state index contributed by atoms with van der Waals surface area (Å²) < 4.78 is 27.2. The number of furan rings is 1. The predicted molar refractivity (Wildman–Crippen MR) is 122 cm³/mol. The first kappa shape index (κ1) is 22.0. The van der Waals surface area contributed by atoms with Gasteiger partial charge in [-0.2, -0.15) is 0 Å². The van der Waals surface area contributed by atoms with Gasteiger partial charge in [-0.25, -0.2) is 9.59 Å². The second-order valence-electron chi connectivity index (χ2n) is 7.03. The molecular formula is C26H22O7. The summed E-state index contributed by atoms with van der Waals surface area (Å²) in [6.07, 6.45) is 0. The van der Waals surface area contributed by atoms with Crippen LogP contribution in [0, 0.1) is 0 Å². The van der Waals surface area contributed by atoms with Gasteiger partial charge in [-0.1, -0.05) is 6.07 Å². The lowest BCUT2D eigenvalue weighted by atomic mass is 10.1. The number of rotatable bonds is 7. The van der Waals surface area contributed by atoms with E-state index in [1.165, 1.54) is 7.11 Å². The molecule has 0 aliphatic rings. The number of esters is 2. The molecule has 7 heteroatoms. The van der Waals surface area contributed by atoms with Crippen LogP contribution in [-0.4, -0.2) is 32.8 Å². The average molecular weight is 446 g/mol. The molecule has 0 fully saturated rings. The molecule has 33 heavy (non-hydrogen) atoms. The summed E-state index contributed by atoms with van der Waals surface area (Å²) >= 11 is 0. The van der Waals surface area contributed by atoms with E-state index in [0.717, 1.165) is 0 Å². The van der Waals surface area contributed by atoms with Crippen LogP contribution in [-0.2, 0) is 4.74 Å². The molecule has 0 N–H and O–H groups in total. The first-order chi connectivity index (χ1) is 16.0. The Morgan fingerprint density at radius 2 is 1.55 bits per heavy atom. The van der Waals surface area contributed by atoms with Crippen LogP contribution in [0.5, 0.6) is 17.2 Å². The van der Waals surface area contributed by atoms with Crippen LogP contribution in [0.4, 0.5) is 0 Å². The van der Waals surface area contributed by atoms with Gasteiger partial charge in [0, 0.05) is 10.9 Å². The maximum atomic E-state index is 12.8. The second-order valence-corrected chi connectivity index (χ2v) is 7.03. The van der Waals surface area contributed by atoms with E-state index >= 15 is 0 Å². The maximum Gasteiger partial charge on any atom is 0.343 e. The molecule has 1 heterocycles. The monoisotopic (exact) mass is 446 g/mol. The molecule has 1 aromatic heterocycles. The van der Waals surface area contributed by atoms with Crippen molar-refractivity contribution in [3.63, 3.8) is 0 Å². The van der Waals surface area contributed by atoms with Gasteiger partial charge in [0.2, 0.25) is 0 Å². The lowest BCUT2D eigenvalue weighted by Crippen LogP contribution is -2.09. The summed E-state index contributed by atoms with van der Waals surface area (Å²) in [6, 6.07) is 18.7. The van der Waals surface area contributed by atoms with Crippen molar-refractivity contribution < 1.29 is 33.0 Å². The summed E-state index contributed by atoms with van der Waals surface area (Å²) in [5.41, 5.74) is 1.75. The van der Waals surface area contributed by atoms with Crippen LogP contribution in [0.2, 0.25) is 0 Å². The quantitative estimate of drug-likeness (QED) is 0.273. The zero-order valence-electron chi connectivity index (χ0n) is 18.4. The number of methoxy groups -OCH3 is 2. The van der Waals surface area contributed by atoms with Gasteiger partial charge in [0.05, 0.1) is 26.4 Å². The number of carbonyl (C=O) groups excluding carboxylic acids is 2. The minimum absolute atomic E-state index is 0.206. The first-order valence-electron chi connectivity index (χ1n) is 10.3. The maximum absolute atomic E-state index is 12.8. The molecule has 0 saturated heterocycles. The van der Waals surface area contributed by atoms with Gasteiger partial charge in [0.1, 0.15) is 34.2 Å². The zero-order chi connectivity index (χ0) is 23.4. The number of carbonyl (C=O) groups is 2. The summed E-state index contributed by atoms with van der Waals surface area (Å²) in [7, 11) is 3.10. The molecule has 0 amide bonds. The minimum Gasteiger partial charge on any atom is -0.497 e. The number of ether oxygens (including phenoxy) is 4. The topological polar surface area (TPSA) is 84.2 Å². The molecule has 0 atom stereocenters. The first-order valence-corrected chi connectivity index (χ1v) is 10.3. The third kappa shape index (κ3) is 4.52. The van der Waals surface area contributed by atoms with Crippen LogP contribution >= 0.6 is 0 Å². The van der Waals surface area contributed by atoms with Crippen molar-refractivity contribution in [1.29, 1.82) is 0 Å². The highest BCUT2D eigenvalue weighted by atomic mass is 16.5. The normalized spacial score (nSPS) is 10.6. The van der Waals surface area contributed by atoms with Gasteiger partial charge in [-0.15, -0.1) is 0 Å². The molecular weight excluding hydrogens is 424 g/mol.